The molecule has 0 radical (unpaired) electrons. The number of nitrogens with zero attached hydrogens (tertiary/aromatic N) is 3. The van der Waals surface area contributed by atoms with Crippen molar-refractivity contribution in [2.45, 2.75) is 37.8 Å². The van der Waals surface area contributed by atoms with Crippen LogP contribution in [0.2, 0.25) is 0 Å². The molecule has 2 aromatic rings. The number of rotatable bonds is 5. The van der Waals surface area contributed by atoms with Crippen LogP contribution in [0.15, 0.2) is 29.4 Å². The van der Waals surface area contributed by atoms with Gasteiger partial charge in [-0.3, -0.25) is 9.36 Å². The van der Waals surface area contributed by atoms with Crippen LogP contribution in [0.4, 0.5) is 5.69 Å². The molecule has 0 atom stereocenters. The molecule has 110 valence electrons. The van der Waals surface area contributed by atoms with E-state index in [0.717, 1.165) is 28.1 Å². The third-order valence-corrected chi connectivity index (χ3v) is 4.11. The zero-order valence-electron chi connectivity index (χ0n) is 12.2. The summed E-state index contributed by atoms with van der Waals surface area (Å²) in [5.74, 6) is 2.44. The number of aromatic nitrogens is 3. The highest BCUT2D eigenvalue weighted by atomic mass is 32.2. The minimum absolute atomic E-state index is 0.0681. The maximum absolute atomic E-state index is 11.2. The first-order valence-electron chi connectivity index (χ1n) is 7.15. The molecule has 21 heavy (non-hydrogen) atoms. The maximum Gasteiger partial charge on any atom is 0.221 e. The van der Waals surface area contributed by atoms with Gasteiger partial charge in [0.05, 0.1) is 5.69 Å². The van der Waals surface area contributed by atoms with Crippen LogP contribution < -0.4 is 5.32 Å². The molecule has 1 amide bonds. The average molecular weight is 302 g/mol. The van der Waals surface area contributed by atoms with Crippen LogP contribution in [-0.4, -0.2) is 26.4 Å². The number of thioether (sulfide) groups is 1. The number of carbonyl (C=O) groups excluding carboxylic acids is 1. The summed E-state index contributed by atoms with van der Waals surface area (Å²) in [5, 5.41) is 12.4. The molecule has 6 heteroatoms. The quantitative estimate of drug-likeness (QED) is 0.862. The van der Waals surface area contributed by atoms with E-state index in [0.29, 0.717) is 5.92 Å². The largest absolute Gasteiger partial charge is 0.326 e. The molecule has 1 aromatic heterocycles. The van der Waals surface area contributed by atoms with Gasteiger partial charge < -0.3 is 5.32 Å². The Labute approximate surface area is 128 Å². The molecule has 0 bridgehead atoms. The normalized spacial score (nSPS) is 14.2. The van der Waals surface area contributed by atoms with Crippen molar-refractivity contribution in [2.75, 3.05) is 11.1 Å². The number of hydrogen-bond acceptors (Lipinski definition) is 4. The lowest BCUT2D eigenvalue weighted by Crippen LogP contribution is -2.07. The van der Waals surface area contributed by atoms with Crippen molar-refractivity contribution < 1.29 is 4.79 Å². The summed E-state index contributed by atoms with van der Waals surface area (Å²) < 4.78 is 2.12. The van der Waals surface area contributed by atoms with Crippen molar-refractivity contribution in [3.05, 3.63) is 30.1 Å². The predicted octanol–water partition coefficient (Wildman–Crippen LogP) is 3.22. The number of benzene rings is 1. The van der Waals surface area contributed by atoms with E-state index in [-0.39, 0.29) is 5.91 Å². The fourth-order valence-electron chi connectivity index (χ4n) is 2.28. The predicted molar refractivity (Wildman–Crippen MR) is 84.0 cm³/mol. The van der Waals surface area contributed by atoms with E-state index in [1.54, 1.807) is 11.8 Å². The molecule has 1 aliphatic carbocycles. The van der Waals surface area contributed by atoms with Crippen LogP contribution in [0.25, 0.3) is 5.69 Å². The molecule has 0 unspecified atom stereocenters. The molecular formula is C15H18N4OS. The van der Waals surface area contributed by atoms with Crippen molar-refractivity contribution in [3.8, 4) is 5.69 Å². The monoisotopic (exact) mass is 302 g/mol. The second-order valence-corrected chi connectivity index (χ2v) is 6.35. The van der Waals surface area contributed by atoms with Gasteiger partial charge in [0, 0.05) is 18.5 Å². The molecule has 1 heterocycles. The highest BCUT2D eigenvalue weighted by Gasteiger charge is 2.30. The van der Waals surface area contributed by atoms with Gasteiger partial charge >= 0.3 is 0 Å². The van der Waals surface area contributed by atoms with E-state index in [1.165, 1.54) is 19.8 Å². The molecular weight excluding hydrogens is 284 g/mol. The van der Waals surface area contributed by atoms with Gasteiger partial charge in [0.2, 0.25) is 5.91 Å². The Hall–Kier alpha value is -1.82. The molecule has 1 N–H and O–H groups in total. The summed E-state index contributed by atoms with van der Waals surface area (Å²) in [7, 11) is 0. The molecule has 0 saturated heterocycles. The molecule has 1 fully saturated rings. The summed E-state index contributed by atoms with van der Waals surface area (Å²) in [6, 6.07) is 7.83. The van der Waals surface area contributed by atoms with Crippen LogP contribution in [0.5, 0.6) is 0 Å². The topological polar surface area (TPSA) is 59.8 Å². The summed E-state index contributed by atoms with van der Waals surface area (Å²) in [4.78, 5) is 11.2. The Morgan fingerprint density at radius 1 is 1.43 bits per heavy atom. The Balaban J connectivity index is 2.02. The fourth-order valence-corrected chi connectivity index (χ4v) is 2.96. The minimum atomic E-state index is -0.0681. The van der Waals surface area contributed by atoms with Crippen molar-refractivity contribution in [1.29, 1.82) is 0 Å². The highest BCUT2D eigenvalue weighted by Crippen LogP contribution is 2.41. The van der Waals surface area contributed by atoms with Crippen LogP contribution in [0, 0.1) is 0 Å². The molecule has 3 rings (SSSR count). The number of anilines is 1. The lowest BCUT2D eigenvalue weighted by Gasteiger charge is -2.11. The first kappa shape index (κ1) is 14.1. The number of amides is 1. The van der Waals surface area contributed by atoms with Crippen molar-refractivity contribution in [1.82, 2.24) is 14.8 Å². The van der Waals surface area contributed by atoms with Gasteiger partial charge in [-0.1, -0.05) is 24.8 Å². The van der Waals surface area contributed by atoms with E-state index in [9.17, 15) is 4.79 Å². The van der Waals surface area contributed by atoms with E-state index in [4.69, 9.17) is 0 Å². The smallest absolute Gasteiger partial charge is 0.221 e. The van der Waals surface area contributed by atoms with Crippen molar-refractivity contribution in [3.63, 3.8) is 0 Å². The Bertz CT molecular complexity index is 663. The van der Waals surface area contributed by atoms with Gasteiger partial charge in [-0.05, 0) is 36.8 Å². The molecule has 5 nitrogen and oxygen atoms in total. The van der Waals surface area contributed by atoms with Crippen LogP contribution in [0.3, 0.4) is 0 Å². The first-order chi connectivity index (χ1) is 10.2. The molecule has 1 aliphatic rings. The average Bonchev–Trinajstić information content (AvgIpc) is 3.20. The Morgan fingerprint density at radius 2 is 2.24 bits per heavy atom. The molecule has 0 spiro atoms. The Morgan fingerprint density at radius 3 is 2.90 bits per heavy atom. The zero-order chi connectivity index (χ0) is 14.8. The summed E-state index contributed by atoms with van der Waals surface area (Å²) in [6.45, 7) is 3.62. The minimum Gasteiger partial charge on any atom is -0.326 e. The third-order valence-electron chi connectivity index (χ3n) is 3.30. The summed E-state index contributed by atoms with van der Waals surface area (Å²) in [5.41, 5.74) is 1.80. The SMILES string of the molecule is CCSc1nnc(C2CC2)n1-c1cccc(NC(C)=O)c1. The van der Waals surface area contributed by atoms with Gasteiger partial charge in [0.1, 0.15) is 5.82 Å². The molecule has 1 saturated carbocycles. The maximum atomic E-state index is 11.2. The lowest BCUT2D eigenvalue weighted by atomic mass is 10.2. The standard InChI is InChI=1S/C15H18N4OS/c1-3-21-15-18-17-14(11-7-8-11)19(15)13-6-4-5-12(9-13)16-10(2)20/h4-6,9,11H,3,7-8H2,1-2H3,(H,16,20). The lowest BCUT2D eigenvalue weighted by molar-refractivity contribution is -0.114. The van der Waals surface area contributed by atoms with Gasteiger partial charge in [-0.15, -0.1) is 10.2 Å². The van der Waals surface area contributed by atoms with Crippen LogP contribution in [0.1, 0.15) is 38.4 Å². The zero-order valence-corrected chi connectivity index (χ0v) is 13.0. The first-order valence-corrected chi connectivity index (χ1v) is 8.13. The van der Waals surface area contributed by atoms with Gasteiger partial charge in [-0.2, -0.15) is 0 Å². The van der Waals surface area contributed by atoms with E-state index >= 15 is 0 Å². The van der Waals surface area contributed by atoms with Crippen molar-refractivity contribution >= 4 is 23.4 Å². The fraction of sp³-hybridized carbons (Fsp3) is 0.400. The van der Waals surface area contributed by atoms with E-state index < -0.39 is 0 Å². The van der Waals surface area contributed by atoms with E-state index in [1.807, 2.05) is 24.3 Å². The van der Waals surface area contributed by atoms with Crippen LogP contribution in [-0.2, 0) is 4.79 Å². The summed E-state index contributed by atoms with van der Waals surface area (Å²) >= 11 is 1.68. The second kappa shape index (κ2) is 5.89. The summed E-state index contributed by atoms with van der Waals surface area (Å²) in [6.07, 6.45) is 2.36. The number of hydrogen-bond donors (Lipinski definition) is 1. The number of nitrogens with one attached hydrogen (secondary N) is 1. The van der Waals surface area contributed by atoms with E-state index in [2.05, 4.69) is 27.0 Å². The highest BCUT2D eigenvalue weighted by molar-refractivity contribution is 7.99. The Kier molecular flexibility index (Phi) is 3.96. The third kappa shape index (κ3) is 3.10. The molecule has 0 aliphatic heterocycles. The molecule has 1 aromatic carbocycles. The van der Waals surface area contributed by atoms with Crippen molar-refractivity contribution in [2.24, 2.45) is 0 Å². The second-order valence-electron chi connectivity index (χ2n) is 5.11. The van der Waals surface area contributed by atoms with Gasteiger partial charge in [0.25, 0.3) is 0 Å². The van der Waals surface area contributed by atoms with Gasteiger partial charge in [0.15, 0.2) is 5.16 Å². The van der Waals surface area contributed by atoms with Crippen LogP contribution >= 0.6 is 11.8 Å². The number of carbonyl (C=O) groups is 1. The van der Waals surface area contributed by atoms with Gasteiger partial charge in [-0.25, -0.2) is 0 Å².